The first-order valence-electron chi connectivity index (χ1n) is 6.79. The van der Waals surface area contributed by atoms with E-state index < -0.39 is 16.0 Å². The Hall–Kier alpha value is -1.15. The predicted octanol–water partition coefficient (Wildman–Crippen LogP) is 1.19. The lowest BCUT2D eigenvalue weighted by Crippen LogP contribution is -2.52. The molecule has 1 aromatic rings. The van der Waals surface area contributed by atoms with Gasteiger partial charge in [0.05, 0.1) is 17.6 Å². The van der Waals surface area contributed by atoms with Crippen LogP contribution in [0.4, 0.5) is 0 Å². The molecule has 6 nitrogen and oxygen atoms in total. The van der Waals surface area contributed by atoms with E-state index in [-0.39, 0.29) is 28.9 Å². The van der Waals surface area contributed by atoms with Gasteiger partial charge in [-0.1, -0.05) is 6.07 Å². The first kappa shape index (κ1) is 18.9. The Morgan fingerprint density at radius 2 is 2.09 bits per heavy atom. The summed E-state index contributed by atoms with van der Waals surface area (Å²) in [7, 11) is -2.33. The number of piperazine rings is 1. The maximum Gasteiger partial charge on any atom is 0.338 e. The number of nitrogens with zero attached hydrogens (tertiary/aromatic N) is 1. The molecule has 0 aliphatic carbocycles. The fourth-order valence-corrected chi connectivity index (χ4v) is 4.06. The van der Waals surface area contributed by atoms with Crippen LogP contribution in [0.5, 0.6) is 0 Å². The number of carbonyl (C=O) groups is 1. The van der Waals surface area contributed by atoms with Crippen molar-refractivity contribution in [3.05, 3.63) is 29.3 Å². The normalized spacial score (nSPS) is 19.3. The molecule has 0 saturated carbocycles. The molecule has 124 valence electrons. The highest BCUT2D eigenvalue weighted by Gasteiger charge is 2.31. The number of sulfonamides is 1. The van der Waals surface area contributed by atoms with Crippen molar-refractivity contribution in [3.8, 4) is 0 Å². The Labute approximate surface area is 137 Å². The van der Waals surface area contributed by atoms with Crippen molar-refractivity contribution in [3.63, 3.8) is 0 Å². The Kier molecular flexibility index (Phi) is 6.37. The summed E-state index contributed by atoms with van der Waals surface area (Å²) < 4.78 is 31.6. The second-order valence-corrected chi connectivity index (χ2v) is 7.03. The molecule has 1 aromatic carbocycles. The summed E-state index contributed by atoms with van der Waals surface area (Å²) in [6.07, 6.45) is 0. The van der Waals surface area contributed by atoms with Crippen LogP contribution in [0.1, 0.15) is 22.8 Å². The van der Waals surface area contributed by atoms with E-state index in [1.165, 1.54) is 23.5 Å². The molecule has 1 fully saturated rings. The van der Waals surface area contributed by atoms with E-state index in [0.29, 0.717) is 25.2 Å². The van der Waals surface area contributed by atoms with E-state index in [1.807, 2.05) is 6.92 Å². The summed E-state index contributed by atoms with van der Waals surface area (Å²) in [5, 5.41) is 3.16. The maximum absolute atomic E-state index is 12.7. The molecule has 8 heteroatoms. The number of ether oxygens (including phenoxy) is 1. The van der Waals surface area contributed by atoms with E-state index in [1.54, 1.807) is 13.0 Å². The molecule has 0 amide bonds. The third-order valence-corrected chi connectivity index (χ3v) is 5.67. The zero-order valence-electron chi connectivity index (χ0n) is 12.8. The number of carbonyl (C=O) groups excluding carboxylic acids is 1. The average Bonchev–Trinajstić information content (AvgIpc) is 2.47. The summed E-state index contributed by atoms with van der Waals surface area (Å²) in [5.74, 6) is -0.530. The standard InChI is InChI=1S/C14H20N2O4S.ClH/c1-10-4-5-12(8-13(10)14(17)20-3)21(18,19)16-7-6-15-9-11(16)2;/h4-5,8,11,15H,6-7,9H2,1-3H3;1H/t11-;/m1./s1. The van der Waals surface area contributed by atoms with E-state index in [0.717, 1.165) is 0 Å². The first-order valence-corrected chi connectivity index (χ1v) is 8.23. The van der Waals surface area contributed by atoms with Crippen LogP contribution in [0.25, 0.3) is 0 Å². The van der Waals surface area contributed by atoms with E-state index in [4.69, 9.17) is 4.74 Å². The van der Waals surface area contributed by atoms with Gasteiger partial charge in [0.2, 0.25) is 10.0 Å². The van der Waals surface area contributed by atoms with Crippen LogP contribution >= 0.6 is 12.4 Å². The number of halogens is 1. The molecule has 1 aliphatic rings. The molecule has 0 unspecified atom stereocenters. The fraction of sp³-hybridized carbons (Fsp3) is 0.500. The van der Waals surface area contributed by atoms with Crippen LogP contribution in [0.2, 0.25) is 0 Å². The van der Waals surface area contributed by atoms with Gasteiger partial charge >= 0.3 is 5.97 Å². The van der Waals surface area contributed by atoms with Crippen LogP contribution in [-0.2, 0) is 14.8 Å². The van der Waals surface area contributed by atoms with Crippen LogP contribution < -0.4 is 5.32 Å². The lowest BCUT2D eigenvalue weighted by Gasteiger charge is -2.32. The summed E-state index contributed by atoms with van der Waals surface area (Å²) >= 11 is 0. The molecule has 1 aliphatic heterocycles. The summed E-state index contributed by atoms with van der Waals surface area (Å²) in [6, 6.07) is 4.44. The topological polar surface area (TPSA) is 75.7 Å². The fourth-order valence-electron chi connectivity index (χ4n) is 2.41. The molecule has 1 saturated heterocycles. The largest absolute Gasteiger partial charge is 0.465 e. The second kappa shape index (κ2) is 7.41. The molecule has 0 bridgehead atoms. The zero-order chi connectivity index (χ0) is 15.6. The lowest BCUT2D eigenvalue weighted by atomic mass is 10.1. The molecule has 1 N–H and O–H groups in total. The third-order valence-electron chi connectivity index (χ3n) is 3.66. The Bertz CT molecular complexity index is 648. The third kappa shape index (κ3) is 3.60. The minimum absolute atomic E-state index is 0. The molecular weight excluding hydrogens is 328 g/mol. The van der Waals surface area contributed by atoms with Crippen molar-refractivity contribution in [1.82, 2.24) is 9.62 Å². The lowest BCUT2D eigenvalue weighted by molar-refractivity contribution is 0.0599. The van der Waals surface area contributed by atoms with Crippen molar-refractivity contribution in [2.24, 2.45) is 0 Å². The van der Waals surface area contributed by atoms with Crippen molar-refractivity contribution in [2.45, 2.75) is 24.8 Å². The van der Waals surface area contributed by atoms with E-state index in [2.05, 4.69) is 5.32 Å². The van der Waals surface area contributed by atoms with Gasteiger partial charge in [-0.05, 0) is 31.5 Å². The van der Waals surface area contributed by atoms with Crippen molar-refractivity contribution < 1.29 is 17.9 Å². The first-order chi connectivity index (χ1) is 9.87. The molecule has 2 rings (SSSR count). The molecule has 0 radical (unpaired) electrons. The highest BCUT2D eigenvalue weighted by Crippen LogP contribution is 2.22. The monoisotopic (exact) mass is 348 g/mol. The van der Waals surface area contributed by atoms with Crippen LogP contribution in [-0.4, -0.2) is 51.5 Å². The maximum atomic E-state index is 12.7. The highest BCUT2D eigenvalue weighted by atomic mass is 35.5. The van der Waals surface area contributed by atoms with E-state index >= 15 is 0 Å². The molecule has 0 spiro atoms. The second-order valence-electron chi connectivity index (χ2n) is 5.14. The van der Waals surface area contributed by atoms with Gasteiger partial charge < -0.3 is 10.1 Å². The number of hydrogen-bond donors (Lipinski definition) is 1. The number of aryl methyl sites for hydroxylation is 1. The van der Waals surface area contributed by atoms with Crippen molar-refractivity contribution >= 4 is 28.4 Å². The Morgan fingerprint density at radius 1 is 1.41 bits per heavy atom. The minimum Gasteiger partial charge on any atom is -0.465 e. The number of benzene rings is 1. The van der Waals surface area contributed by atoms with Crippen LogP contribution in [0.3, 0.4) is 0 Å². The summed E-state index contributed by atoms with van der Waals surface area (Å²) in [4.78, 5) is 11.8. The Morgan fingerprint density at radius 3 is 2.68 bits per heavy atom. The Balaban J connectivity index is 0.00000242. The van der Waals surface area contributed by atoms with Crippen LogP contribution in [0.15, 0.2) is 23.1 Å². The molecule has 1 heterocycles. The number of hydrogen-bond acceptors (Lipinski definition) is 5. The number of methoxy groups -OCH3 is 1. The highest BCUT2D eigenvalue weighted by molar-refractivity contribution is 7.89. The van der Waals surface area contributed by atoms with Gasteiger partial charge in [0.25, 0.3) is 0 Å². The quantitative estimate of drug-likeness (QED) is 0.830. The van der Waals surface area contributed by atoms with E-state index in [9.17, 15) is 13.2 Å². The predicted molar refractivity (Wildman–Crippen MR) is 86.0 cm³/mol. The number of rotatable bonds is 3. The SMILES string of the molecule is COC(=O)c1cc(S(=O)(=O)N2CCNC[C@H]2C)ccc1C.Cl. The zero-order valence-corrected chi connectivity index (χ0v) is 14.5. The number of nitrogens with one attached hydrogen (secondary N) is 1. The van der Waals surface area contributed by atoms with Gasteiger partial charge in [-0.25, -0.2) is 13.2 Å². The smallest absolute Gasteiger partial charge is 0.338 e. The van der Waals surface area contributed by atoms with Gasteiger partial charge in [0.1, 0.15) is 0 Å². The summed E-state index contributed by atoms with van der Waals surface area (Å²) in [6.45, 7) is 5.27. The summed E-state index contributed by atoms with van der Waals surface area (Å²) in [5.41, 5.74) is 0.968. The average molecular weight is 349 g/mol. The molecule has 1 atom stereocenters. The molecular formula is C14H21ClN2O4S. The van der Waals surface area contributed by atoms with Crippen molar-refractivity contribution in [2.75, 3.05) is 26.7 Å². The van der Waals surface area contributed by atoms with Gasteiger partial charge in [-0.2, -0.15) is 4.31 Å². The minimum atomic E-state index is -3.61. The molecule has 0 aromatic heterocycles. The van der Waals surface area contributed by atoms with Crippen LogP contribution in [0, 0.1) is 6.92 Å². The molecule has 22 heavy (non-hydrogen) atoms. The van der Waals surface area contributed by atoms with Gasteiger partial charge in [-0.3, -0.25) is 0 Å². The van der Waals surface area contributed by atoms with Crippen molar-refractivity contribution in [1.29, 1.82) is 0 Å². The van der Waals surface area contributed by atoms with Gasteiger partial charge in [0.15, 0.2) is 0 Å². The number of esters is 1. The van der Waals surface area contributed by atoms with Gasteiger partial charge in [0, 0.05) is 25.7 Å². The van der Waals surface area contributed by atoms with Gasteiger partial charge in [-0.15, -0.1) is 12.4 Å².